The summed E-state index contributed by atoms with van der Waals surface area (Å²) in [6.45, 7) is 1.80. The van der Waals surface area contributed by atoms with E-state index in [2.05, 4.69) is 0 Å². The molecule has 1 aromatic rings. The molecule has 0 bridgehead atoms. The zero-order valence-corrected chi connectivity index (χ0v) is 8.34. The summed E-state index contributed by atoms with van der Waals surface area (Å²) in [4.78, 5) is 23.4. The minimum Gasteiger partial charge on any atom is -0.370 e. The Labute approximate surface area is 85.9 Å². The average molecular weight is 209 g/mol. The van der Waals surface area contributed by atoms with Crippen LogP contribution in [0.5, 0.6) is 0 Å². The number of hydrogen-bond acceptors (Lipinski definition) is 4. The van der Waals surface area contributed by atoms with Crippen molar-refractivity contribution in [3.63, 3.8) is 0 Å². The molecule has 0 saturated carbocycles. The zero-order chi connectivity index (χ0) is 11.0. The van der Waals surface area contributed by atoms with Crippen molar-refractivity contribution >= 4 is 11.4 Å². The molecule has 1 aromatic heterocycles. The van der Waals surface area contributed by atoms with Crippen molar-refractivity contribution in [1.82, 2.24) is 4.57 Å². The molecule has 15 heavy (non-hydrogen) atoms. The van der Waals surface area contributed by atoms with Crippen molar-refractivity contribution < 1.29 is 4.92 Å². The van der Waals surface area contributed by atoms with E-state index in [1.807, 2.05) is 4.90 Å². The Morgan fingerprint density at radius 3 is 2.60 bits per heavy atom. The van der Waals surface area contributed by atoms with Gasteiger partial charge in [-0.2, -0.15) is 0 Å². The number of aryl methyl sites for hydroxylation is 1. The van der Waals surface area contributed by atoms with Crippen molar-refractivity contribution in [2.75, 3.05) is 18.0 Å². The van der Waals surface area contributed by atoms with Crippen molar-refractivity contribution in [2.24, 2.45) is 7.05 Å². The molecule has 0 radical (unpaired) electrons. The minimum atomic E-state index is -0.633. The molecule has 0 aromatic carbocycles. The summed E-state index contributed by atoms with van der Waals surface area (Å²) in [6.07, 6.45) is 2.73. The maximum absolute atomic E-state index is 11.4. The van der Waals surface area contributed by atoms with Gasteiger partial charge in [0.15, 0.2) is 0 Å². The predicted octanol–water partition coefficient (Wildman–Crippen LogP) is 0.504. The first kappa shape index (κ1) is 9.70. The van der Waals surface area contributed by atoms with Crippen LogP contribution in [0.15, 0.2) is 17.1 Å². The molecule has 0 N–H and O–H groups in total. The molecule has 1 aliphatic rings. The lowest BCUT2D eigenvalue weighted by Crippen LogP contribution is -2.38. The lowest BCUT2D eigenvalue weighted by molar-refractivity contribution is -0.386. The van der Waals surface area contributed by atoms with E-state index in [-0.39, 0.29) is 5.69 Å². The normalized spacial score (nSPS) is 14.9. The van der Waals surface area contributed by atoms with Crippen LogP contribution in [0.3, 0.4) is 0 Å². The molecule has 1 fully saturated rings. The summed E-state index contributed by atoms with van der Waals surface area (Å²) in [7, 11) is 1.53. The van der Waals surface area contributed by atoms with Gasteiger partial charge in [-0.25, -0.2) is 0 Å². The van der Waals surface area contributed by atoms with Gasteiger partial charge in [-0.3, -0.25) is 14.9 Å². The third-order valence-electron chi connectivity index (χ3n) is 2.57. The second-order valence-electron chi connectivity index (χ2n) is 3.60. The Morgan fingerprint density at radius 2 is 2.13 bits per heavy atom. The largest absolute Gasteiger partial charge is 0.370 e. The molecule has 2 rings (SSSR count). The third-order valence-corrected chi connectivity index (χ3v) is 2.57. The number of hydrogen-bond donors (Lipinski definition) is 0. The highest BCUT2D eigenvalue weighted by atomic mass is 16.6. The highest BCUT2D eigenvalue weighted by Gasteiger charge is 2.20. The number of anilines is 1. The van der Waals surface area contributed by atoms with Crippen molar-refractivity contribution in [2.45, 2.75) is 6.42 Å². The zero-order valence-electron chi connectivity index (χ0n) is 8.34. The van der Waals surface area contributed by atoms with E-state index in [4.69, 9.17) is 0 Å². The minimum absolute atomic E-state index is 0.359. The Kier molecular flexibility index (Phi) is 2.18. The summed E-state index contributed by atoms with van der Waals surface area (Å²) >= 11 is 0. The van der Waals surface area contributed by atoms with Crippen LogP contribution in [0, 0.1) is 10.1 Å². The number of rotatable bonds is 2. The topological polar surface area (TPSA) is 68.4 Å². The van der Waals surface area contributed by atoms with E-state index < -0.39 is 10.5 Å². The SMILES string of the molecule is Cn1cc(N2CCC2)cc([N+](=O)[O-])c1=O. The van der Waals surface area contributed by atoms with Crippen LogP contribution in [0.1, 0.15) is 6.42 Å². The fourth-order valence-corrected chi connectivity index (χ4v) is 1.55. The molecule has 0 aliphatic carbocycles. The van der Waals surface area contributed by atoms with Gasteiger partial charge in [-0.15, -0.1) is 0 Å². The Bertz CT molecular complexity index is 462. The second-order valence-corrected chi connectivity index (χ2v) is 3.60. The molecule has 6 heteroatoms. The molecule has 6 nitrogen and oxygen atoms in total. The molecule has 1 saturated heterocycles. The average Bonchev–Trinajstić information content (AvgIpc) is 2.07. The van der Waals surface area contributed by atoms with Crippen LogP contribution in [-0.2, 0) is 7.05 Å². The number of nitrogens with zero attached hydrogens (tertiary/aromatic N) is 3. The molecule has 80 valence electrons. The second kappa shape index (κ2) is 3.38. The number of nitro groups is 1. The maximum Gasteiger partial charge on any atom is 0.336 e. The molecule has 0 spiro atoms. The van der Waals surface area contributed by atoms with Crippen LogP contribution in [0.2, 0.25) is 0 Å². The van der Waals surface area contributed by atoms with E-state index in [9.17, 15) is 14.9 Å². The molecule has 1 aliphatic heterocycles. The van der Waals surface area contributed by atoms with Crippen LogP contribution in [0.4, 0.5) is 11.4 Å². The van der Waals surface area contributed by atoms with Crippen LogP contribution < -0.4 is 10.5 Å². The molecule has 0 unspecified atom stereocenters. The fraction of sp³-hybridized carbons (Fsp3) is 0.444. The Balaban J connectivity index is 2.50. The highest BCUT2D eigenvalue weighted by molar-refractivity contribution is 5.52. The van der Waals surface area contributed by atoms with Crippen molar-refractivity contribution in [1.29, 1.82) is 0 Å². The van der Waals surface area contributed by atoms with Gasteiger partial charge in [0.1, 0.15) is 0 Å². The Morgan fingerprint density at radius 1 is 1.47 bits per heavy atom. The summed E-state index contributed by atoms with van der Waals surface area (Å²) < 4.78 is 1.26. The predicted molar refractivity (Wildman–Crippen MR) is 55.2 cm³/mol. The summed E-state index contributed by atoms with van der Waals surface area (Å²) in [5.41, 5.74) is -0.179. The Hall–Kier alpha value is -1.85. The molecular formula is C9H11N3O3. The number of pyridine rings is 1. The summed E-state index contributed by atoms with van der Waals surface area (Å²) in [5, 5.41) is 10.6. The molecule has 0 atom stereocenters. The van der Waals surface area contributed by atoms with Crippen molar-refractivity contribution in [3.8, 4) is 0 Å². The van der Waals surface area contributed by atoms with Gasteiger partial charge in [0, 0.05) is 32.4 Å². The number of aromatic nitrogens is 1. The monoisotopic (exact) mass is 209 g/mol. The summed E-state index contributed by atoms with van der Waals surface area (Å²) in [6, 6.07) is 1.35. The first-order valence-electron chi connectivity index (χ1n) is 4.69. The first-order valence-corrected chi connectivity index (χ1v) is 4.69. The van der Waals surface area contributed by atoms with Gasteiger partial charge in [-0.05, 0) is 6.42 Å². The van der Waals surface area contributed by atoms with E-state index in [1.54, 1.807) is 6.20 Å². The molecule has 2 heterocycles. The van der Waals surface area contributed by atoms with Gasteiger partial charge in [-0.1, -0.05) is 0 Å². The molecular weight excluding hydrogens is 198 g/mol. The van der Waals surface area contributed by atoms with E-state index in [0.717, 1.165) is 25.2 Å². The first-order chi connectivity index (χ1) is 7.09. The van der Waals surface area contributed by atoms with E-state index in [0.29, 0.717) is 0 Å². The highest BCUT2D eigenvalue weighted by Crippen LogP contribution is 2.21. The summed E-state index contributed by atoms with van der Waals surface area (Å²) in [5.74, 6) is 0. The van der Waals surface area contributed by atoms with Gasteiger partial charge >= 0.3 is 11.2 Å². The van der Waals surface area contributed by atoms with E-state index in [1.165, 1.54) is 17.7 Å². The maximum atomic E-state index is 11.4. The van der Waals surface area contributed by atoms with E-state index >= 15 is 0 Å². The van der Waals surface area contributed by atoms with Crippen LogP contribution in [0.25, 0.3) is 0 Å². The lowest BCUT2D eigenvalue weighted by atomic mass is 10.2. The lowest BCUT2D eigenvalue weighted by Gasteiger charge is -2.32. The van der Waals surface area contributed by atoms with Gasteiger partial charge in [0.2, 0.25) is 0 Å². The van der Waals surface area contributed by atoms with Crippen LogP contribution >= 0.6 is 0 Å². The quantitative estimate of drug-likeness (QED) is 0.525. The van der Waals surface area contributed by atoms with Crippen LogP contribution in [-0.4, -0.2) is 22.6 Å². The van der Waals surface area contributed by atoms with Gasteiger partial charge in [0.25, 0.3) is 0 Å². The van der Waals surface area contributed by atoms with Gasteiger partial charge < -0.3 is 9.47 Å². The smallest absolute Gasteiger partial charge is 0.336 e. The van der Waals surface area contributed by atoms with Crippen molar-refractivity contribution in [3.05, 3.63) is 32.7 Å². The standard InChI is InChI=1S/C9H11N3O3/c1-10-6-7(11-3-2-4-11)5-8(9(10)13)12(14)15/h5-6H,2-4H2,1H3. The van der Waals surface area contributed by atoms with Gasteiger partial charge in [0.05, 0.1) is 10.6 Å². The third kappa shape index (κ3) is 1.58. The molecule has 0 amide bonds. The fourth-order valence-electron chi connectivity index (χ4n) is 1.55.